The van der Waals surface area contributed by atoms with Crippen LogP contribution in [-0.2, 0) is 17.5 Å². The van der Waals surface area contributed by atoms with E-state index in [1.807, 2.05) is 0 Å². The van der Waals surface area contributed by atoms with Crippen LogP contribution >= 0.6 is 0 Å². The van der Waals surface area contributed by atoms with Gasteiger partial charge < -0.3 is 5.32 Å². The van der Waals surface area contributed by atoms with Gasteiger partial charge in [-0.05, 0) is 43.9 Å². The second-order valence-corrected chi connectivity index (χ2v) is 6.56. The number of hydrogen-bond donors (Lipinski definition) is 1. The fraction of sp³-hybridized carbons (Fsp3) is 0.588. The summed E-state index contributed by atoms with van der Waals surface area (Å²) in [6, 6.07) is 5.79. The summed E-state index contributed by atoms with van der Waals surface area (Å²) in [5.74, 6) is 0.0522. The first-order chi connectivity index (χ1) is 10.9. The van der Waals surface area contributed by atoms with Gasteiger partial charge >= 0.3 is 6.18 Å². The molecule has 0 bridgehead atoms. The van der Waals surface area contributed by atoms with Crippen LogP contribution in [0.15, 0.2) is 24.3 Å². The van der Waals surface area contributed by atoms with Crippen LogP contribution in [-0.4, -0.2) is 29.9 Å². The Hall–Kier alpha value is -1.56. The molecule has 6 heteroatoms. The van der Waals surface area contributed by atoms with Crippen molar-refractivity contribution in [3.63, 3.8) is 0 Å². The first-order valence-electron chi connectivity index (χ1n) is 8.11. The average Bonchev–Trinajstić information content (AvgIpc) is 3.31. The fourth-order valence-corrected chi connectivity index (χ4v) is 3.06. The van der Waals surface area contributed by atoms with Crippen LogP contribution in [0.5, 0.6) is 0 Å². The fourth-order valence-electron chi connectivity index (χ4n) is 3.06. The molecule has 1 heterocycles. The van der Waals surface area contributed by atoms with Crippen molar-refractivity contribution in [1.29, 1.82) is 0 Å². The lowest BCUT2D eigenvalue weighted by atomic mass is 9.96. The van der Waals surface area contributed by atoms with Gasteiger partial charge in [0.25, 0.3) is 0 Å². The van der Waals surface area contributed by atoms with E-state index >= 15 is 0 Å². The minimum Gasteiger partial charge on any atom is -0.353 e. The molecule has 3 nitrogen and oxygen atoms in total. The molecule has 23 heavy (non-hydrogen) atoms. The monoisotopic (exact) mass is 326 g/mol. The van der Waals surface area contributed by atoms with Crippen molar-refractivity contribution in [2.75, 3.05) is 13.1 Å². The molecule has 1 aromatic rings. The summed E-state index contributed by atoms with van der Waals surface area (Å²) in [4.78, 5) is 14.2. The molecular formula is C17H21F3N2O. The second-order valence-electron chi connectivity index (χ2n) is 6.56. The topological polar surface area (TPSA) is 32.3 Å². The predicted molar refractivity (Wildman–Crippen MR) is 80.6 cm³/mol. The number of alkyl halides is 3. The highest BCUT2D eigenvalue weighted by Gasteiger charge is 2.32. The molecule has 3 rings (SSSR count). The highest BCUT2D eigenvalue weighted by molar-refractivity contribution is 5.79. The number of nitrogens with one attached hydrogen (secondary N) is 1. The van der Waals surface area contributed by atoms with Crippen LogP contribution in [0.25, 0.3) is 0 Å². The lowest BCUT2D eigenvalue weighted by Crippen LogP contribution is -2.43. The second kappa shape index (κ2) is 6.51. The molecule has 1 amide bonds. The zero-order valence-corrected chi connectivity index (χ0v) is 12.9. The minimum absolute atomic E-state index is 0.0462. The lowest BCUT2D eigenvalue weighted by Gasteiger charge is -2.32. The van der Waals surface area contributed by atoms with E-state index in [9.17, 15) is 18.0 Å². The smallest absolute Gasteiger partial charge is 0.353 e. The van der Waals surface area contributed by atoms with E-state index < -0.39 is 11.7 Å². The molecule has 1 aromatic carbocycles. The standard InChI is InChI=1S/C17H21F3N2O/c18-17(19,20)14-5-1-3-12(9-14)10-22-8-2-4-13(11-22)16(23)21-15-6-7-15/h1,3,5,9,13,15H,2,4,6-8,10-11H2,(H,21,23). The van der Waals surface area contributed by atoms with Crippen molar-refractivity contribution in [3.8, 4) is 0 Å². The van der Waals surface area contributed by atoms with Crippen LogP contribution in [0.3, 0.4) is 0 Å². The number of halogens is 3. The maximum absolute atomic E-state index is 12.8. The summed E-state index contributed by atoms with van der Waals surface area (Å²) >= 11 is 0. The third-order valence-electron chi connectivity index (χ3n) is 4.46. The Kier molecular flexibility index (Phi) is 4.62. The Morgan fingerprint density at radius 2 is 2.04 bits per heavy atom. The molecule has 0 radical (unpaired) electrons. The Morgan fingerprint density at radius 3 is 2.74 bits per heavy atom. The maximum atomic E-state index is 12.8. The average molecular weight is 326 g/mol. The number of nitrogens with zero attached hydrogens (tertiary/aromatic N) is 1. The zero-order chi connectivity index (χ0) is 16.4. The van der Waals surface area contributed by atoms with Gasteiger partial charge in [0.2, 0.25) is 5.91 Å². The molecule has 1 aliphatic carbocycles. The van der Waals surface area contributed by atoms with Gasteiger partial charge in [0.05, 0.1) is 11.5 Å². The Balaban J connectivity index is 1.60. The van der Waals surface area contributed by atoms with Gasteiger partial charge in [-0.15, -0.1) is 0 Å². The Labute approximate surface area is 133 Å². The summed E-state index contributed by atoms with van der Waals surface area (Å²) in [6.07, 6.45) is -0.428. The van der Waals surface area contributed by atoms with Crippen molar-refractivity contribution in [3.05, 3.63) is 35.4 Å². The molecule has 1 N–H and O–H groups in total. The predicted octanol–water partition coefficient (Wildman–Crippen LogP) is 3.20. The van der Waals surface area contributed by atoms with E-state index in [4.69, 9.17) is 0 Å². The van der Waals surface area contributed by atoms with E-state index in [0.29, 0.717) is 24.7 Å². The van der Waals surface area contributed by atoms with Crippen molar-refractivity contribution in [2.45, 2.75) is 44.4 Å². The van der Waals surface area contributed by atoms with Gasteiger partial charge in [-0.1, -0.05) is 18.2 Å². The molecule has 2 fully saturated rings. The number of carbonyl (C=O) groups is 1. The molecule has 1 atom stereocenters. The number of carbonyl (C=O) groups excluding carboxylic acids is 1. The van der Waals surface area contributed by atoms with Gasteiger partial charge in [-0.25, -0.2) is 0 Å². The minimum atomic E-state index is -4.31. The Morgan fingerprint density at radius 1 is 1.26 bits per heavy atom. The number of likely N-dealkylation sites (tertiary alicyclic amines) is 1. The third-order valence-corrected chi connectivity index (χ3v) is 4.46. The molecule has 1 aliphatic heterocycles. The largest absolute Gasteiger partial charge is 0.416 e. The molecule has 126 valence electrons. The van der Waals surface area contributed by atoms with Crippen molar-refractivity contribution in [2.24, 2.45) is 5.92 Å². The molecule has 2 aliphatic rings. The highest BCUT2D eigenvalue weighted by atomic mass is 19.4. The van der Waals surface area contributed by atoms with E-state index in [1.54, 1.807) is 6.07 Å². The molecule has 1 saturated heterocycles. The number of amides is 1. The summed E-state index contributed by atoms with van der Waals surface area (Å²) < 4.78 is 38.3. The zero-order valence-electron chi connectivity index (χ0n) is 12.9. The van der Waals surface area contributed by atoms with Crippen LogP contribution in [0, 0.1) is 5.92 Å². The quantitative estimate of drug-likeness (QED) is 0.921. The van der Waals surface area contributed by atoms with Gasteiger partial charge in [0, 0.05) is 19.1 Å². The van der Waals surface area contributed by atoms with E-state index in [-0.39, 0.29) is 11.8 Å². The van der Waals surface area contributed by atoms with Crippen LogP contribution in [0.2, 0.25) is 0 Å². The SMILES string of the molecule is O=C(NC1CC1)C1CCCN(Cc2cccc(C(F)(F)F)c2)C1. The summed E-state index contributed by atoms with van der Waals surface area (Å²) in [5.41, 5.74) is 0.0260. The summed E-state index contributed by atoms with van der Waals surface area (Å²) in [6.45, 7) is 1.90. The van der Waals surface area contributed by atoms with Gasteiger partial charge in [0.15, 0.2) is 0 Å². The number of piperidine rings is 1. The molecular weight excluding hydrogens is 305 g/mol. The molecule has 1 saturated carbocycles. The first kappa shape index (κ1) is 16.3. The Bertz CT molecular complexity index is 569. The molecule has 0 aromatic heterocycles. The van der Waals surface area contributed by atoms with Crippen molar-refractivity contribution in [1.82, 2.24) is 10.2 Å². The molecule has 0 spiro atoms. The lowest BCUT2D eigenvalue weighted by molar-refractivity contribution is -0.137. The number of rotatable bonds is 4. The highest BCUT2D eigenvalue weighted by Crippen LogP contribution is 2.30. The van der Waals surface area contributed by atoms with Crippen LogP contribution in [0.1, 0.15) is 36.8 Å². The first-order valence-corrected chi connectivity index (χ1v) is 8.11. The summed E-state index contributed by atoms with van der Waals surface area (Å²) in [7, 11) is 0. The summed E-state index contributed by atoms with van der Waals surface area (Å²) in [5, 5.41) is 3.02. The van der Waals surface area contributed by atoms with Gasteiger partial charge in [0.1, 0.15) is 0 Å². The van der Waals surface area contributed by atoms with E-state index in [0.717, 1.165) is 38.3 Å². The van der Waals surface area contributed by atoms with E-state index in [1.165, 1.54) is 12.1 Å². The number of benzene rings is 1. The van der Waals surface area contributed by atoms with Crippen molar-refractivity contribution < 1.29 is 18.0 Å². The molecule has 1 unspecified atom stereocenters. The van der Waals surface area contributed by atoms with E-state index in [2.05, 4.69) is 10.2 Å². The maximum Gasteiger partial charge on any atom is 0.416 e. The number of hydrogen-bond acceptors (Lipinski definition) is 2. The van der Waals surface area contributed by atoms with Crippen LogP contribution < -0.4 is 5.32 Å². The van der Waals surface area contributed by atoms with Gasteiger partial charge in [-0.2, -0.15) is 13.2 Å². The van der Waals surface area contributed by atoms with Gasteiger partial charge in [-0.3, -0.25) is 9.69 Å². The third kappa shape index (κ3) is 4.47. The van der Waals surface area contributed by atoms with Crippen LogP contribution in [0.4, 0.5) is 13.2 Å². The normalized spacial score (nSPS) is 22.8. The van der Waals surface area contributed by atoms with Crippen molar-refractivity contribution >= 4 is 5.91 Å².